The second-order valence-corrected chi connectivity index (χ2v) is 8.91. The van der Waals surface area contributed by atoms with Gasteiger partial charge in [-0.2, -0.15) is 0 Å². The Hall–Kier alpha value is -0.750. The Bertz CT molecular complexity index is 465. The largest absolute Gasteiger partial charge is 0.496 e. The molecule has 0 aliphatic carbocycles. The Morgan fingerprint density at radius 2 is 1.67 bits per heavy atom. The van der Waals surface area contributed by atoms with E-state index >= 15 is 0 Å². The van der Waals surface area contributed by atoms with E-state index in [2.05, 4.69) is 0 Å². The highest BCUT2D eigenvalue weighted by Crippen LogP contribution is 2.67. The highest BCUT2D eigenvalue weighted by atomic mass is 31.2. The molecule has 1 aromatic carbocycles. The summed E-state index contributed by atoms with van der Waals surface area (Å²) in [5.41, 5.74) is 0.836. The Morgan fingerprint density at radius 3 is 2.28 bits per heavy atom. The molecule has 2 unspecified atom stereocenters. The normalized spacial score (nSPS) is 35.2. The molecular formula is C15H21O2P. The van der Waals surface area contributed by atoms with Crippen LogP contribution in [-0.2, 0) is 4.57 Å². The van der Waals surface area contributed by atoms with Crippen LogP contribution in [0.2, 0.25) is 0 Å². The van der Waals surface area contributed by atoms with Crippen molar-refractivity contribution in [3.63, 3.8) is 0 Å². The fraction of sp³-hybridized carbons (Fsp3) is 0.600. The minimum absolute atomic E-state index is 0.418. The van der Waals surface area contributed by atoms with Crippen molar-refractivity contribution in [1.29, 1.82) is 0 Å². The molecule has 2 bridgehead atoms. The van der Waals surface area contributed by atoms with Crippen LogP contribution in [0.5, 0.6) is 5.75 Å². The summed E-state index contributed by atoms with van der Waals surface area (Å²) in [5.74, 6) is 0.833. The number of hydrogen-bond donors (Lipinski definition) is 0. The summed E-state index contributed by atoms with van der Waals surface area (Å²) < 4.78 is 19.1. The van der Waals surface area contributed by atoms with E-state index in [-0.39, 0.29) is 0 Å². The van der Waals surface area contributed by atoms with E-state index in [4.69, 9.17) is 4.74 Å². The molecule has 2 nitrogen and oxygen atoms in total. The van der Waals surface area contributed by atoms with Crippen LogP contribution < -0.4 is 10.0 Å². The molecule has 2 aliphatic rings. The molecule has 98 valence electrons. The molecule has 3 rings (SSSR count). The molecule has 0 aromatic heterocycles. The number of hydrogen-bond acceptors (Lipinski definition) is 2. The lowest BCUT2D eigenvalue weighted by Gasteiger charge is -2.25. The molecule has 3 heteroatoms. The molecule has 1 aromatic rings. The van der Waals surface area contributed by atoms with E-state index in [1.165, 1.54) is 12.8 Å². The first-order valence-corrected chi connectivity index (χ1v) is 8.84. The zero-order valence-electron chi connectivity index (χ0n) is 11.0. The molecule has 2 aliphatic heterocycles. The lowest BCUT2D eigenvalue weighted by Crippen LogP contribution is -2.19. The topological polar surface area (TPSA) is 26.3 Å². The second-order valence-electron chi connectivity index (χ2n) is 5.55. The Labute approximate surface area is 109 Å². The summed E-state index contributed by atoms with van der Waals surface area (Å²) in [7, 11) is -0.574. The van der Waals surface area contributed by atoms with E-state index in [0.717, 1.165) is 36.7 Å². The van der Waals surface area contributed by atoms with Gasteiger partial charge < -0.3 is 9.30 Å². The number of methoxy groups -OCH3 is 1. The lowest BCUT2D eigenvalue weighted by molar-refractivity contribution is 0.417. The van der Waals surface area contributed by atoms with E-state index in [9.17, 15) is 4.57 Å². The maximum atomic E-state index is 13.7. The third-order valence-electron chi connectivity index (χ3n) is 4.70. The van der Waals surface area contributed by atoms with Gasteiger partial charge in [0, 0.05) is 11.3 Å². The number of rotatable bonds is 2. The van der Waals surface area contributed by atoms with Gasteiger partial charge in [0.1, 0.15) is 12.9 Å². The van der Waals surface area contributed by atoms with Gasteiger partial charge in [0.15, 0.2) is 0 Å². The minimum Gasteiger partial charge on any atom is -0.496 e. The zero-order chi connectivity index (χ0) is 12.6. The molecule has 0 spiro atoms. The monoisotopic (exact) mass is 264 g/mol. The molecule has 0 saturated carbocycles. The summed E-state index contributed by atoms with van der Waals surface area (Å²) in [4.78, 5) is 0. The van der Waals surface area contributed by atoms with Crippen molar-refractivity contribution in [3.8, 4) is 5.75 Å². The number of fused-ring (bicyclic) bond motifs is 2. The van der Waals surface area contributed by atoms with Gasteiger partial charge in [-0.05, 0) is 37.8 Å². The first-order chi connectivity index (χ1) is 8.76. The van der Waals surface area contributed by atoms with Crippen molar-refractivity contribution in [2.75, 3.05) is 7.11 Å². The van der Waals surface area contributed by atoms with Crippen molar-refractivity contribution in [1.82, 2.24) is 0 Å². The maximum absolute atomic E-state index is 13.7. The first kappa shape index (κ1) is 12.3. The number of benzene rings is 1. The van der Waals surface area contributed by atoms with Gasteiger partial charge in [0.25, 0.3) is 0 Å². The first-order valence-electron chi connectivity index (χ1n) is 7.00. The molecule has 2 saturated heterocycles. The third-order valence-corrected chi connectivity index (χ3v) is 9.03. The molecule has 2 atom stereocenters. The van der Waals surface area contributed by atoms with Gasteiger partial charge in [-0.25, -0.2) is 0 Å². The molecule has 2 heterocycles. The average Bonchev–Trinajstić information content (AvgIpc) is 2.59. The van der Waals surface area contributed by atoms with Crippen LogP contribution >= 0.6 is 7.14 Å². The van der Waals surface area contributed by atoms with E-state index in [0.29, 0.717) is 11.3 Å². The van der Waals surface area contributed by atoms with Gasteiger partial charge in [-0.1, -0.05) is 25.0 Å². The molecule has 0 amide bonds. The van der Waals surface area contributed by atoms with Crippen LogP contribution in [-0.4, -0.2) is 18.4 Å². The van der Waals surface area contributed by atoms with Gasteiger partial charge >= 0.3 is 0 Å². The van der Waals surface area contributed by atoms with Crippen molar-refractivity contribution in [2.45, 2.75) is 49.8 Å². The van der Waals surface area contributed by atoms with Crippen LogP contribution in [0.15, 0.2) is 24.3 Å². The maximum Gasteiger partial charge on any atom is 0.129 e. The van der Waals surface area contributed by atoms with Crippen LogP contribution in [0.25, 0.3) is 0 Å². The van der Waals surface area contributed by atoms with Gasteiger partial charge in [0.2, 0.25) is 0 Å². The van der Waals surface area contributed by atoms with Crippen LogP contribution in [0.1, 0.15) is 38.5 Å². The van der Waals surface area contributed by atoms with Crippen LogP contribution in [0.3, 0.4) is 0 Å². The summed E-state index contributed by atoms with van der Waals surface area (Å²) in [5, 5.41) is 1.02. The van der Waals surface area contributed by atoms with Crippen molar-refractivity contribution in [3.05, 3.63) is 24.3 Å². The quantitative estimate of drug-likeness (QED) is 0.760. The molecule has 0 radical (unpaired) electrons. The predicted octanol–water partition coefficient (Wildman–Crippen LogP) is 3.79. The Morgan fingerprint density at radius 1 is 1.06 bits per heavy atom. The second kappa shape index (κ2) is 4.74. The Kier molecular flexibility index (Phi) is 3.23. The molecule has 2 fully saturated rings. The predicted molar refractivity (Wildman–Crippen MR) is 75.5 cm³/mol. The highest BCUT2D eigenvalue weighted by Gasteiger charge is 2.48. The summed E-state index contributed by atoms with van der Waals surface area (Å²) in [6.45, 7) is 0. The summed E-state index contributed by atoms with van der Waals surface area (Å²) in [6.07, 6.45) is 7.10. The number of ether oxygens (including phenoxy) is 1. The average molecular weight is 264 g/mol. The minimum atomic E-state index is -2.26. The van der Waals surface area contributed by atoms with Gasteiger partial charge in [0.05, 0.1) is 12.4 Å². The van der Waals surface area contributed by atoms with E-state index < -0.39 is 7.14 Å². The standard InChI is InChI=1S/C15H21O2P/c1-17-14-8-4-5-9-15(14)18(16)12-6-2-3-7-13(18)11-10-12/h4-5,8-9,12-13H,2-3,6-7,10-11H2,1H3. The van der Waals surface area contributed by atoms with Gasteiger partial charge in [-0.3, -0.25) is 0 Å². The van der Waals surface area contributed by atoms with Crippen molar-refractivity contribution >= 4 is 12.4 Å². The highest BCUT2D eigenvalue weighted by molar-refractivity contribution is 7.73. The zero-order valence-corrected chi connectivity index (χ0v) is 11.9. The third kappa shape index (κ3) is 1.73. The Balaban J connectivity index is 2.11. The van der Waals surface area contributed by atoms with Crippen LogP contribution in [0.4, 0.5) is 0 Å². The summed E-state index contributed by atoms with van der Waals surface area (Å²) >= 11 is 0. The van der Waals surface area contributed by atoms with E-state index in [1.807, 2.05) is 24.3 Å². The molecular weight excluding hydrogens is 243 g/mol. The molecule has 18 heavy (non-hydrogen) atoms. The van der Waals surface area contributed by atoms with E-state index in [1.54, 1.807) is 7.11 Å². The smallest absolute Gasteiger partial charge is 0.129 e. The summed E-state index contributed by atoms with van der Waals surface area (Å²) in [6, 6.07) is 7.96. The fourth-order valence-electron chi connectivity index (χ4n) is 3.81. The fourth-order valence-corrected chi connectivity index (χ4v) is 8.22. The van der Waals surface area contributed by atoms with Gasteiger partial charge in [-0.15, -0.1) is 0 Å². The van der Waals surface area contributed by atoms with Crippen LogP contribution in [0, 0.1) is 0 Å². The van der Waals surface area contributed by atoms with Crippen molar-refractivity contribution < 1.29 is 9.30 Å². The number of para-hydroxylation sites is 1. The SMILES string of the molecule is COc1ccccc1P1(=O)C2CCCCC1CC2. The molecule has 0 N–H and O–H groups in total. The van der Waals surface area contributed by atoms with Crippen molar-refractivity contribution in [2.24, 2.45) is 0 Å². The lowest BCUT2D eigenvalue weighted by atomic mass is 10.0.